The van der Waals surface area contributed by atoms with E-state index in [1.165, 1.54) is 0 Å². The summed E-state index contributed by atoms with van der Waals surface area (Å²) in [6.07, 6.45) is 2.63. The Morgan fingerprint density at radius 2 is 2.24 bits per heavy atom. The number of halogens is 1. The molecule has 96 valence electrons. The highest BCUT2D eigenvalue weighted by molar-refractivity contribution is 6.31. The number of rotatable bonds is 7. The fourth-order valence-electron chi connectivity index (χ4n) is 1.38. The Morgan fingerprint density at radius 1 is 1.47 bits per heavy atom. The summed E-state index contributed by atoms with van der Waals surface area (Å²) in [4.78, 5) is 4.14. The summed E-state index contributed by atoms with van der Waals surface area (Å²) in [6.45, 7) is 8.84. The average molecular weight is 257 g/mol. The molecule has 0 spiro atoms. The third-order valence-corrected chi connectivity index (χ3v) is 2.57. The molecule has 0 saturated carbocycles. The van der Waals surface area contributed by atoms with Gasteiger partial charge in [0.15, 0.2) is 0 Å². The van der Waals surface area contributed by atoms with Crippen molar-refractivity contribution in [3.05, 3.63) is 22.8 Å². The maximum atomic E-state index is 6.09. The van der Waals surface area contributed by atoms with E-state index >= 15 is 0 Å². The number of aromatic nitrogens is 1. The normalized spacial score (nSPS) is 10.9. The Kier molecular flexibility index (Phi) is 6.30. The lowest BCUT2D eigenvalue weighted by atomic mass is 10.2. The Morgan fingerprint density at radius 3 is 2.88 bits per heavy atom. The highest BCUT2D eigenvalue weighted by Gasteiger charge is 2.04. The van der Waals surface area contributed by atoms with E-state index in [9.17, 15) is 0 Å². The van der Waals surface area contributed by atoms with Crippen LogP contribution in [0.3, 0.4) is 0 Å². The quantitative estimate of drug-likeness (QED) is 0.813. The molecule has 0 unspecified atom stereocenters. The van der Waals surface area contributed by atoms with Gasteiger partial charge in [-0.25, -0.2) is 4.98 Å². The van der Waals surface area contributed by atoms with Crippen molar-refractivity contribution in [2.45, 2.75) is 33.7 Å². The van der Waals surface area contributed by atoms with Crippen LogP contribution in [-0.4, -0.2) is 18.1 Å². The number of nitrogens with one attached hydrogen (secondary N) is 1. The third kappa shape index (κ3) is 5.37. The van der Waals surface area contributed by atoms with E-state index in [2.05, 4.69) is 31.1 Å². The van der Waals surface area contributed by atoms with Crippen LogP contribution < -0.4 is 10.1 Å². The monoisotopic (exact) mass is 256 g/mol. The summed E-state index contributed by atoms with van der Waals surface area (Å²) >= 11 is 6.09. The minimum Gasteiger partial charge on any atom is -0.478 e. The molecule has 1 heterocycles. The van der Waals surface area contributed by atoms with Crippen molar-refractivity contribution < 1.29 is 4.74 Å². The van der Waals surface area contributed by atoms with Crippen molar-refractivity contribution in [2.24, 2.45) is 5.92 Å². The fourth-order valence-corrected chi connectivity index (χ4v) is 1.55. The Balaban J connectivity index is 2.56. The molecule has 0 aromatic carbocycles. The highest BCUT2D eigenvalue weighted by atomic mass is 35.5. The van der Waals surface area contributed by atoms with Crippen molar-refractivity contribution in [1.82, 2.24) is 10.3 Å². The first-order valence-electron chi connectivity index (χ1n) is 6.11. The molecule has 0 aliphatic carbocycles. The number of hydrogen-bond acceptors (Lipinski definition) is 3. The zero-order valence-electron chi connectivity index (χ0n) is 10.8. The Labute approximate surface area is 109 Å². The number of ether oxygens (including phenoxy) is 1. The zero-order valence-corrected chi connectivity index (χ0v) is 11.5. The zero-order chi connectivity index (χ0) is 12.7. The lowest BCUT2D eigenvalue weighted by Crippen LogP contribution is -2.19. The van der Waals surface area contributed by atoms with E-state index in [0.29, 0.717) is 23.4 Å². The minimum atomic E-state index is 0.631. The number of nitrogens with zero attached hydrogens (tertiary/aromatic N) is 1. The molecule has 3 nitrogen and oxygen atoms in total. The molecule has 1 aromatic rings. The van der Waals surface area contributed by atoms with Crippen molar-refractivity contribution in [2.75, 3.05) is 13.2 Å². The van der Waals surface area contributed by atoms with Crippen LogP contribution in [0.2, 0.25) is 5.02 Å². The molecule has 0 aliphatic heterocycles. The average Bonchev–Trinajstić information content (AvgIpc) is 2.29. The van der Waals surface area contributed by atoms with Gasteiger partial charge in [0, 0.05) is 18.8 Å². The third-order valence-electron chi connectivity index (χ3n) is 2.23. The van der Waals surface area contributed by atoms with E-state index in [-0.39, 0.29) is 0 Å². The molecule has 0 aliphatic rings. The SMILES string of the molecule is CCCOc1cc(CNCC(C)C)c(Cl)cn1. The minimum absolute atomic E-state index is 0.631. The fraction of sp³-hybridized carbons (Fsp3) is 0.615. The second-order valence-electron chi connectivity index (χ2n) is 4.49. The van der Waals surface area contributed by atoms with Crippen LogP contribution in [0.15, 0.2) is 12.3 Å². The van der Waals surface area contributed by atoms with Gasteiger partial charge >= 0.3 is 0 Å². The number of pyridine rings is 1. The second-order valence-corrected chi connectivity index (χ2v) is 4.89. The molecular weight excluding hydrogens is 236 g/mol. The maximum absolute atomic E-state index is 6.09. The Bertz CT molecular complexity index is 342. The van der Waals surface area contributed by atoms with Crippen LogP contribution in [0.4, 0.5) is 0 Å². The molecule has 1 rings (SSSR count). The van der Waals surface area contributed by atoms with Gasteiger partial charge in [-0.1, -0.05) is 32.4 Å². The molecular formula is C13H21ClN2O. The van der Waals surface area contributed by atoms with E-state index in [1.54, 1.807) is 6.20 Å². The summed E-state index contributed by atoms with van der Waals surface area (Å²) < 4.78 is 5.48. The van der Waals surface area contributed by atoms with Gasteiger partial charge < -0.3 is 10.1 Å². The molecule has 1 aromatic heterocycles. The standard InChI is InChI=1S/C13H21ClN2O/c1-4-5-17-13-6-11(12(14)9-16-13)8-15-7-10(2)3/h6,9-10,15H,4-5,7-8H2,1-3H3. The van der Waals surface area contributed by atoms with Crippen molar-refractivity contribution in [1.29, 1.82) is 0 Å². The van der Waals surface area contributed by atoms with Crippen molar-refractivity contribution >= 4 is 11.6 Å². The Hall–Kier alpha value is -0.800. The molecule has 0 bridgehead atoms. The van der Waals surface area contributed by atoms with Gasteiger partial charge in [0.1, 0.15) is 0 Å². The summed E-state index contributed by atoms with van der Waals surface area (Å²) in [5, 5.41) is 4.04. The van der Waals surface area contributed by atoms with Gasteiger partial charge in [0.05, 0.1) is 11.6 Å². The first-order valence-corrected chi connectivity index (χ1v) is 6.49. The van der Waals surface area contributed by atoms with Gasteiger partial charge in [0.2, 0.25) is 5.88 Å². The van der Waals surface area contributed by atoms with E-state index in [4.69, 9.17) is 16.3 Å². The smallest absolute Gasteiger partial charge is 0.213 e. The molecule has 0 atom stereocenters. The van der Waals surface area contributed by atoms with Gasteiger partial charge in [-0.3, -0.25) is 0 Å². The first-order chi connectivity index (χ1) is 8.13. The molecule has 0 radical (unpaired) electrons. The van der Waals surface area contributed by atoms with Crippen LogP contribution in [0.1, 0.15) is 32.8 Å². The molecule has 1 N–H and O–H groups in total. The summed E-state index contributed by atoms with van der Waals surface area (Å²) in [6, 6.07) is 1.91. The van der Waals surface area contributed by atoms with Crippen LogP contribution in [0.5, 0.6) is 5.88 Å². The second kappa shape index (κ2) is 7.51. The molecule has 0 fully saturated rings. The molecule has 17 heavy (non-hydrogen) atoms. The van der Waals surface area contributed by atoms with Crippen LogP contribution in [0.25, 0.3) is 0 Å². The van der Waals surface area contributed by atoms with Gasteiger partial charge in [0.25, 0.3) is 0 Å². The topological polar surface area (TPSA) is 34.1 Å². The first kappa shape index (κ1) is 14.3. The van der Waals surface area contributed by atoms with Gasteiger partial charge in [-0.2, -0.15) is 0 Å². The summed E-state index contributed by atoms with van der Waals surface area (Å²) in [5.41, 5.74) is 1.04. The predicted molar refractivity (Wildman–Crippen MR) is 71.6 cm³/mol. The van der Waals surface area contributed by atoms with Crippen LogP contribution in [0, 0.1) is 5.92 Å². The summed E-state index contributed by atoms with van der Waals surface area (Å²) in [5.74, 6) is 1.28. The van der Waals surface area contributed by atoms with Gasteiger partial charge in [-0.05, 0) is 24.4 Å². The van der Waals surface area contributed by atoms with Crippen LogP contribution in [-0.2, 0) is 6.54 Å². The van der Waals surface area contributed by atoms with Gasteiger partial charge in [-0.15, -0.1) is 0 Å². The largest absolute Gasteiger partial charge is 0.478 e. The van der Waals surface area contributed by atoms with E-state index < -0.39 is 0 Å². The molecule has 0 amide bonds. The van der Waals surface area contributed by atoms with Crippen molar-refractivity contribution in [3.8, 4) is 5.88 Å². The lowest BCUT2D eigenvalue weighted by Gasteiger charge is -2.10. The van der Waals surface area contributed by atoms with E-state index in [0.717, 1.165) is 25.1 Å². The molecule has 0 saturated heterocycles. The van der Waals surface area contributed by atoms with Crippen molar-refractivity contribution in [3.63, 3.8) is 0 Å². The molecule has 4 heteroatoms. The predicted octanol–water partition coefficient (Wildman–Crippen LogP) is 3.27. The maximum Gasteiger partial charge on any atom is 0.213 e. The summed E-state index contributed by atoms with van der Waals surface area (Å²) in [7, 11) is 0. The lowest BCUT2D eigenvalue weighted by molar-refractivity contribution is 0.305. The van der Waals surface area contributed by atoms with Crippen LogP contribution >= 0.6 is 11.6 Å². The van der Waals surface area contributed by atoms with E-state index in [1.807, 2.05) is 6.07 Å². The highest BCUT2D eigenvalue weighted by Crippen LogP contribution is 2.19. The number of hydrogen-bond donors (Lipinski definition) is 1.